The molecule has 1 fully saturated rings. The van der Waals surface area contributed by atoms with Gasteiger partial charge in [-0.2, -0.15) is 0 Å². The summed E-state index contributed by atoms with van der Waals surface area (Å²) >= 11 is 0. The maximum atomic E-state index is 12.1. The van der Waals surface area contributed by atoms with Gasteiger partial charge in [-0.1, -0.05) is 37.3 Å². The third-order valence-corrected chi connectivity index (χ3v) is 3.85. The van der Waals surface area contributed by atoms with Crippen LogP contribution in [0.5, 0.6) is 0 Å². The van der Waals surface area contributed by atoms with Crippen LogP contribution in [0.2, 0.25) is 0 Å². The summed E-state index contributed by atoms with van der Waals surface area (Å²) < 4.78 is 5.34. The van der Waals surface area contributed by atoms with Gasteiger partial charge in [0.1, 0.15) is 0 Å². The van der Waals surface area contributed by atoms with Crippen LogP contribution in [0.15, 0.2) is 30.3 Å². The fourth-order valence-electron chi connectivity index (χ4n) is 2.47. The molecule has 0 bridgehead atoms. The molecule has 2 rings (SSSR count). The standard InChI is InChI=1S/C16H24N2O2/c1-13(15-6-4-3-5-7-15)8-9-17-16(19)18-10-11-20-12-14(18)2/h3-7,13-14H,8-12H2,1-2H3,(H,17,19)/t13-,14-/m0/s1. The Morgan fingerprint density at radius 3 is 2.90 bits per heavy atom. The van der Waals surface area contributed by atoms with Gasteiger partial charge in [0.25, 0.3) is 0 Å². The lowest BCUT2D eigenvalue weighted by Gasteiger charge is -2.33. The third kappa shape index (κ3) is 3.97. The molecule has 2 amide bonds. The zero-order valence-electron chi connectivity index (χ0n) is 12.3. The topological polar surface area (TPSA) is 41.6 Å². The minimum absolute atomic E-state index is 0.0288. The van der Waals surface area contributed by atoms with Crippen LogP contribution in [0.25, 0.3) is 0 Å². The third-order valence-electron chi connectivity index (χ3n) is 3.85. The van der Waals surface area contributed by atoms with Gasteiger partial charge in [0.15, 0.2) is 0 Å². The minimum atomic E-state index is 0.0288. The second-order valence-electron chi connectivity index (χ2n) is 5.45. The van der Waals surface area contributed by atoms with Crippen molar-refractivity contribution in [2.75, 3.05) is 26.3 Å². The number of ether oxygens (including phenoxy) is 1. The van der Waals surface area contributed by atoms with Crippen LogP contribution >= 0.6 is 0 Å². The van der Waals surface area contributed by atoms with Crippen LogP contribution in [-0.2, 0) is 4.74 Å². The van der Waals surface area contributed by atoms with E-state index in [-0.39, 0.29) is 12.1 Å². The van der Waals surface area contributed by atoms with Crippen molar-refractivity contribution in [1.29, 1.82) is 0 Å². The monoisotopic (exact) mass is 276 g/mol. The highest BCUT2D eigenvalue weighted by Gasteiger charge is 2.23. The van der Waals surface area contributed by atoms with Gasteiger partial charge >= 0.3 is 6.03 Å². The smallest absolute Gasteiger partial charge is 0.317 e. The first kappa shape index (κ1) is 14.9. The van der Waals surface area contributed by atoms with Gasteiger partial charge < -0.3 is 15.0 Å². The Bertz CT molecular complexity index is 422. The molecule has 2 atom stereocenters. The summed E-state index contributed by atoms with van der Waals surface area (Å²) in [5.41, 5.74) is 1.32. The van der Waals surface area contributed by atoms with E-state index in [9.17, 15) is 4.79 Å². The molecule has 0 unspecified atom stereocenters. The average Bonchev–Trinajstić information content (AvgIpc) is 2.48. The minimum Gasteiger partial charge on any atom is -0.377 e. The largest absolute Gasteiger partial charge is 0.377 e. The molecule has 1 heterocycles. The van der Waals surface area contributed by atoms with Crippen molar-refractivity contribution < 1.29 is 9.53 Å². The van der Waals surface area contributed by atoms with Crippen LogP contribution in [0.4, 0.5) is 4.79 Å². The fourth-order valence-corrected chi connectivity index (χ4v) is 2.47. The van der Waals surface area contributed by atoms with Gasteiger partial charge in [-0.15, -0.1) is 0 Å². The maximum absolute atomic E-state index is 12.1. The molecule has 1 aliphatic rings. The summed E-state index contributed by atoms with van der Waals surface area (Å²) in [6.45, 7) is 6.87. The zero-order valence-corrected chi connectivity index (χ0v) is 12.3. The van der Waals surface area contributed by atoms with Crippen molar-refractivity contribution in [2.45, 2.75) is 32.2 Å². The second kappa shape index (κ2) is 7.29. The number of urea groups is 1. The van der Waals surface area contributed by atoms with E-state index in [0.29, 0.717) is 32.2 Å². The van der Waals surface area contributed by atoms with E-state index < -0.39 is 0 Å². The Morgan fingerprint density at radius 2 is 2.20 bits per heavy atom. The average molecular weight is 276 g/mol. The van der Waals surface area contributed by atoms with E-state index in [1.807, 2.05) is 17.9 Å². The second-order valence-corrected chi connectivity index (χ2v) is 5.45. The van der Waals surface area contributed by atoms with E-state index in [1.54, 1.807) is 0 Å². The lowest BCUT2D eigenvalue weighted by Crippen LogP contribution is -2.51. The molecule has 0 radical (unpaired) electrons. The molecule has 1 aromatic rings. The van der Waals surface area contributed by atoms with Crippen molar-refractivity contribution in [3.05, 3.63) is 35.9 Å². The molecule has 1 N–H and O–H groups in total. The number of morpholine rings is 1. The first-order valence-corrected chi connectivity index (χ1v) is 7.35. The molecule has 1 saturated heterocycles. The number of carbonyl (C=O) groups is 1. The fraction of sp³-hybridized carbons (Fsp3) is 0.562. The van der Waals surface area contributed by atoms with E-state index in [1.165, 1.54) is 5.56 Å². The number of amides is 2. The van der Waals surface area contributed by atoms with Crippen molar-refractivity contribution in [3.8, 4) is 0 Å². The lowest BCUT2D eigenvalue weighted by molar-refractivity contribution is 0.0190. The number of carbonyl (C=O) groups excluding carboxylic acids is 1. The molecule has 0 aromatic heterocycles. The van der Waals surface area contributed by atoms with Gasteiger partial charge in [-0.3, -0.25) is 0 Å². The van der Waals surface area contributed by atoms with E-state index >= 15 is 0 Å². The van der Waals surface area contributed by atoms with Crippen LogP contribution in [-0.4, -0.2) is 43.3 Å². The molecule has 1 aromatic carbocycles. The maximum Gasteiger partial charge on any atom is 0.317 e. The molecule has 4 heteroatoms. The molecule has 4 nitrogen and oxygen atoms in total. The Balaban J connectivity index is 1.74. The van der Waals surface area contributed by atoms with Crippen LogP contribution < -0.4 is 5.32 Å². The number of rotatable bonds is 4. The van der Waals surface area contributed by atoms with Crippen molar-refractivity contribution in [1.82, 2.24) is 10.2 Å². The predicted molar refractivity (Wildman–Crippen MR) is 79.9 cm³/mol. The van der Waals surface area contributed by atoms with Gasteiger partial charge in [-0.05, 0) is 24.8 Å². The van der Waals surface area contributed by atoms with Crippen LogP contribution in [0, 0.1) is 0 Å². The van der Waals surface area contributed by atoms with E-state index in [2.05, 4.69) is 36.5 Å². The van der Waals surface area contributed by atoms with Gasteiger partial charge in [0.2, 0.25) is 0 Å². The summed E-state index contributed by atoms with van der Waals surface area (Å²) in [5.74, 6) is 0.457. The number of hydrogen-bond donors (Lipinski definition) is 1. The molecular weight excluding hydrogens is 252 g/mol. The lowest BCUT2D eigenvalue weighted by atomic mass is 9.98. The highest BCUT2D eigenvalue weighted by Crippen LogP contribution is 2.17. The first-order valence-electron chi connectivity index (χ1n) is 7.35. The number of nitrogens with one attached hydrogen (secondary N) is 1. The highest BCUT2D eigenvalue weighted by molar-refractivity contribution is 5.74. The quantitative estimate of drug-likeness (QED) is 0.918. The molecular formula is C16H24N2O2. The molecule has 1 aliphatic heterocycles. The van der Waals surface area contributed by atoms with Gasteiger partial charge in [0.05, 0.1) is 19.3 Å². The van der Waals surface area contributed by atoms with Crippen LogP contribution in [0.1, 0.15) is 31.7 Å². The Kier molecular flexibility index (Phi) is 5.41. The molecule has 110 valence electrons. The molecule has 20 heavy (non-hydrogen) atoms. The Hall–Kier alpha value is -1.55. The van der Waals surface area contributed by atoms with E-state index in [0.717, 1.165) is 6.42 Å². The summed E-state index contributed by atoms with van der Waals surface area (Å²) in [4.78, 5) is 13.9. The van der Waals surface area contributed by atoms with Gasteiger partial charge in [0, 0.05) is 13.1 Å². The Labute approximate surface area is 121 Å². The molecule has 0 saturated carbocycles. The summed E-state index contributed by atoms with van der Waals surface area (Å²) in [7, 11) is 0. The zero-order chi connectivity index (χ0) is 14.4. The number of hydrogen-bond acceptors (Lipinski definition) is 2. The van der Waals surface area contributed by atoms with Crippen molar-refractivity contribution in [2.24, 2.45) is 0 Å². The summed E-state index contributed by atoms with van der Waals surface area (Å²) in [6, 6.07) is 10.6. The molecule has 0 spiro atoms. The summed E-state index contributed by atoms with van der Waals surface area (Å²) in [6.07, 6.45) is 0.953. The van der Waals surface area contributed by atoms with Crippen LogP contribution in [0.3, 0.4) is 0 Å². The summed E-state index contributed by atoms with van der Waals surface area (Å²) in [5, 5.41) is 3.01. The normalized spacial score (nSPS) is 20.5. The number of benzene rings is 1. The predicted octanol–water partition coefficient (Wildman–Crippen LogP) is 2.61. The SMILES string of the molecule is C[C@@H](CCNC(=O)N1CCOC[C@@H]1C)c1ccccc1. The van der Waals surface area contributed by atoms with E-state index in [4.69, 9.17) is 4.74 Å². The van der Waals surface area contributed by atoms with Crippen molar-refractivity contribution >= 4 is 6.03 Å². The van der Waals surface area contributed by atoms with Crippen molar-refractivity contribution in [3.63, 3.8) is 0 Å². The Morgan fingerprint density at radius 1 is 1.45 bits per heavy atom. The first-order chi connectivity index (χ1) is 9.68. The molecule has 0 aliphatic carbocycles. The van der Waals surface area contributed by atoms with Gasteiger partial charge in [-0.25, -0.2) is 4.79 Å². The number of nitrogens with zero attached hydrogens (tertiary/aromatic N) is 1. The highest BCUT2D eigenvalue weighted by atomic mass is 16.5.